The molecule has 1 aliphatic heterocycles. The molecule has 0 aromatic rings. The quantitative estimate of drug-likeness (QED) is 0.716. The number of hydrogen-bond acceptors (Lipinski definition) is 5. The molecule has 0 aromatic heterocycles. The van der Waals surface area contributed by atoms with Gasteiger partial charge in [-0.05, 0) is 13.8 Å². The monoisotopic (exact) mass is 264 g/mol. The molecule has 0 aromatic carbocycles. The smallest absolute Gasteiger partial charge is 0.151 e. The predicted molar refractivity (Wildman–Crippen MR) is 69.0 cm³/mol. The van der Waals surface area contributed by atoms with Crippen LogP contribution < -0.4 is 5.32 Å². The molecule has 0 spiro atoms. The minimum atomic E-state index is -2.93. The molecule has 5 nitrogen and oxygen atoms in total. The van der Waals surface area contributed by atoms with E-state index in [2.05, 4.69) is 17.1 Å². The van der Waals surface area contributed by atoms with E-state index in [1.54, 1.807) is 6.92 Å². The number of nitrogens with one attached hydrogen (secondary N) is 1. The van der Waals surface area contributed by atoms with Crippen LogP contribution in [0.4, 0.5) is 0 Å². The Balaban J connectivity index is 2.22. The normalized spacial score (nSPS) is 22.3. The molecular formula is C11H24N2O3S. The Morgan fingerprint density at radius 2 is 1.88 bits per heavy atom. The lowest BCUT2D eigenvalue weighted by Crippen LogP contribution is -2.46. The van der Waals surface area contributed by atoms with Gasteiger partial charge in [-0.15, -0.1) is 0 Å². The Labute approximate surface area is 104 Å². The van der Waals surface area contributed by atoms with E-state index in [1.807, 2.05) is 0 Å². The topological polar surface area (TPSA) is 58.6 Å². The van der Waals surface area contributed by atoms with E-state index >= 15 is 0 Å². The summed E-state index contributed by atoms with van der Waals surface area (Å²) < 4.78 is 27.8. The molecule has 0 saturated carbocycles. The Morgan fingerprint density at radius 3 is 2.41 bits per heavy atom. The van der Waals surface area contributed by atoms with Gasteiger partial charge in [0.05, 0.1) is 18.5 Å². The zero-order valence-electron chi connectivity index (χ0n) is 11.0. The molecule has 2 unspecified atom stereocenters. The fraction of sp³-hybridized carbons (Fsp3) is 1.00. The average Bonchev–Trinajstić information content (AvgIpc) is 2.26. The highest BCUT2D eigenvalue weighted by atomic mass is 32.2. The summed E-state index contributed by atoms with van der Waals surface area (Å²) in [5, 5.41) is 2.95. The third kappa shape index (κ3) is 5.81. The highest BCUT2D eigenvalue weighted by Crippen LogP contribution is 2.00. The lowest BCUT2D eigenvalue weighted by atomic mass is 10.2. The first kappa shape index (κ1) is 14.9. The molecule has 1 N–H and O–H groups in total. The van der Waals surface area contributed by atoms with Crippen molar-refractivity contribution in [3.8, 4) is 0 Å². The second-order valence-corrected chi connectivity index (χ2v) is 7.33. The van der Waals surface area contributed by atoms with Crippen molar-refractivity contribution in [1.29, 1.82) is 0 Å². The van der Waals surface area contributed by atoms with Crippen molar-refractivity contribution in [3.05, 3.63) is 0 Å². The van der Waals surface area contributed by atoms with Crippen LogP contribution in [0.15, 0.2) is 0 Å². The van der Waals surface area contributed by atoms with Crippen LogP contribution in [-0.2, 0) is 14.6 Å². The van der Waals surface area contributed by atoms with Gasteiger partial charge in [-0.3, -0.25) is 4.90 Å². The minimum Gasteiger partial charge on any atom is -0.379 e. The second kappa shape index (κ2) is 6.68. The lowest BCUT2D eigenvalue weighted by molar-refractivity contribution is 0.0344. The van der Waals surface area contributed by atoms with Crippen molar-refractivity contribution >= 4 is 9.84 Å². The van der Waals surface area contributed by atoms with Crippen molar-refractivity contribution in [2.24, 2.45) is 0 Å². The number of sulfone groups is 1. The van der Waals surface area contributed by atoms with E-state index in [9.17, 15) is 8.42 Å². The number of morpholine rings is 1. The average molecular weight is 264 g/mol. The van der Waals surface area contributed by atoms with Crippen LogP contribution in [0, 0.1) is 0 Å². The Morgan fingerprint density at radius 1 is 1.29 bits per heavy atom. The summed E-state index contributed by atoms with van der Waals surface area (Å²) in [6.07, 6.45) is 1.28. The van der Waals surface area contributed by atoms with Crippen molar-refractivity contribution in [2.75, 3.05) is 45.6 Å². The molecular weight excluding hydrogens is 240 g/mol. The maximum absolute atomic E-state index is 11.3. The van der Waals surface area contributed by atoms with Crippen LogP contribution in [-0.4, -0.2) is 70.3 Å². The summed E-state index contributed by atoms with van der Waals surface area (Å²) in [7, 11) is -2.93. The first-order valence-corrected chi connectivity index (χ1v) is 8.07. The first-order valence-electron chi connectivity index (χ1n) is 6.12. The summed E-state index contributed by atoms with van der Waals surface area (Å²) in [5.74, 6) is 0. The minimum absolute atomic E-state index is 0.303. The van der Waals surface area contributed by atoms with Gasteiger partial charge in [-0.25, -0.2) is 8.42 Å². The molecule has 6 heteroatoms. The molecule has 102 valence electrons. The van der Waals surface area contributed by atoms with E-state index in [0.29, 0.717) is 12.6 Å². The van der Waals surface area contributed by atoms with Crippen molar-refractivity contribution in [3.63, 3.8) is 0 Å². The van der Waals surface area contributed by atoms with Crippen LogP contribution >= 0.6 is 0 Å². The van der Waals surface area contributed by atoms with Gasteiger partial charge >= 0.3 is 0 Å². The van der Waals surface area contributed by atoms with E-state index in [0.717, 1.165) is 32.8 Å². The summed E-state index contributed by atoms with van der Waals surface area (Å²) in [6, 6.07) is 0.303. The summed E-state index contributed by atoms with van der Waals surface area (Å²) in [4.78, 5) is 2.34. The van der Waals surface area contributed by atoms with E-state index in [4.69, 9.17) is 4.74 Å². The van der Waals surface area contributed by atoms with Crippen molar-refractivity contribution in [1.82, 2.24) is 10.2 Å². The SMILES string of the molecule is CC(CN1CCOCC1)NCC(C)S(C)(=O)=O. The summed E-state index contributed by atoms with van der Waals surface area (Å²) >= 11 is 0. The van der Waals surface area contributed by atoms with E-state index in [1.165, 1.54) is 6.26 Å². The Bertz CT molecular complexity index is 313. The van der Waals surface area contributed by atoms with E-state index < -0.39 is 9.84 Å². The van der Waals surface area contributed by atoms with Crippen LogP contribution in [0.5, 0.6) is 0 Å². The second-order valence-electron chi connectivity index (χ2n) is 4.86. The highest BCUT2D eigenvalue weighted by Gasteiger charge is 2.17. The van der Waals surface area contributed by atoms with Gasteiger partial charge in [-0.2, -0.15) is 0 Å². The fourth-order valence-electron chi connectivity index (χ4n) is 1.75. The molecule has 1 rings (SSSR count). The van der Waals surface area contributed by atoms with Crippen LogP contribution in [0.1, 0.15) is 13.8 Å². The molecule has 2 atom stereocenters. The Hall–Kier alpha value is -0.170. The van der Waals surface area contributed by atoms with Crippen LogP contribution in [0.25, 0.3) is 0 Å². The number of hydrogen-bond donors (Lipinski definition) is 1. The van der Waals surface area contributed by atoms with Gasteiger partial charge < -0.3 is 10.1 Å². The number of rotatable bonds is 6. The van der Waals surface area contributed by atoms with Gasteiger partial charge in [0.25, 0.3) is 0 Å². The molecule has 1 saturated heterocycles. The van der Waals surface area contributed by atoms with Gasteiger partial charge in [0.1, 0.15) is 0 Å². The third-order valence-corrected chi connectivity index (χ3v) is 4.75. The van der Waals surface area contributed by atoms with Gasteiger partial charge in [0.15, 0.2) is 9.84 Å². The highest BCUT2D eigenvalue weighted by molar-refractivity contribution is 7.91. The third-order valence-electron chi connectivity index (χ3n) is 3.12. The van der Waals surface area contributed by atoms with E-state index in [-0.39, 0.29) is 5.25 Å². The fourth-order valence-corrected chi connectivity index (χ4v) is 2.15. The zero-order chi connectivity index (χ0) is 12.9. The molecule has 1 heterocycles. The molecule has 1 aliphatic rings. The first-order chi connectivity index (χ1) is 7.89. The van der Waals surface area contributed by atoms with Gasteiger partial charge in [-0.1, -0.05) is 0 Å². The van der Waals surface area contributed by atoms with Crippen LogP contribution in [0.3, 0.4) is 0 Å². The molecule has 0 radical (unpaired) electrons. The lowest BCUT2D eigenvalue weighted by Gasteiger charge is -2.29. The summed E-state index contributed by atoms with van der Waals surface area (Å²) in [5.41, 5.74) is 0. The predicted octanol–water partition coefficient (Wildman–Crippen LogP) is -0.270. The zero-order valence-corrected chi connectivity index (χ0v) is 11.8. The standard InChI is InChI=1S/C11H24N2O3S/c1-10(9-13-4-6-16-7-5-13)12-8-11(2)17(3,14)15/h10-12H,4-9H2,1-3H3. The largest absolute Gasteiger partial charge is 0.379 e. The maximum atomic E-state index is 11.3. The van der Waals surface area contributed by atoms with Gasteiger partial charge in [0.2, 0.25) is 0 Å². The molecule has 1 fully saturated rings. The van der Waals surface area contributed by atoms with Gasteiger partial charge in [0, 0.05) is 38.5 Å². The molecule has 17 heavy (non-hydrogen) atoms. The Kier molecular flexibility index (Phi) is 5.85. The summed E-state index contributed by atoms with van der Waals surface area (Å²) in [6.45, 7) is 8.82. The molecule has 0 amide bonds. The molecule has 0 aliphatic carbocycles. The maximum Gasteiger partial charge on any atom is 0.151 e. The molecule has 0 bridgehead atoms. The van der Waals surface area contributed by atoms with Crippen LogP contribution in [0.2, 0.25) is 0 Å². The van der Waals surface area contributed by atoms with Crippen molar-refractivity contribution in [2.45, 2.75) is 25.1 Å². The number of ether oxygens (including phenoxy) is 1. The van der Waals surface area contributed by atoms with Crippen molar-refractivity contribution < 1.29 is 13.2 Å². The number of nitrogens with zero attached hydrogens (tertiary/aromatic N) is 1.